The molecule has 0 amide bonds. The van der Waals surface area contributed by atoms with Gasteiger partial charge in [-0.2, -0.15) is 0 Å². The van der Waals surface area contributed by atoms with Gasteiger partial charge in [0.2, 0.25) is 0 Å². The normalized spacial score (nSPS) is 11.9. The highest BCUT2D eigenvalue weighted by Gasteiger charge is 2.29. The molecule has 0 unspecified atom stereocenters. The highest BCUT2D eigenvalue weighted by Crippen LogP contribution is 2.33. The van der Waals surface area contributed by atoms with E-state index in [1.165, 1.54) is 13.0 Å². The first-order valence-electron chi connectivity index (χ1n) is 3.08. The van der Waals surface area contributed by atoms with Gasteiger partial charge in [-0.25, -0.2) is 8.78 Å². The van der Waals surface area contributed by atoms with E-state index < -0.39 is 5.92 Å². The van der Waals surface area contributed by atoms with Gasteiger partial charge < -0.3 is 0 Å². The van der Waals surface area contributed by atoms with Gasteiger partial charge in [-0.15, -0.1) is 11.3 Å². The Balaban J connectivity index is 2.85. The molecule has 0 aliphatic rings. The molecule has 1 aromatic rings. The molecule has 0 spiro atoms. The lowest BCUT2D eigenvalue weighted by Crippen LogP contribution is -2.08. The van der Waals surface area contributed by atoms with E-state index >= 15 is 0 Å². The minimum Gasteiger partial charge on any atom is -0.200 e. The highest BCUT2D eigenvalue weighted by atomic mass is 32.1. The van der Waals surface area contributed by atoms with Gasteiger partial charge in [0.1, 0.15) is 0 Å². The Labute approximate surface area is 62.5 Å². The SMILES string of the molecule is CCC(F)(F)c1cccs1. The molecule has 0 saturated carbocycles. The summed E-state index contributed by atoms with van der Waals surface area (Å²) in [6.07, 6.45) is -0.118. The van der Waals surface area contributed by atoms with Crippen LogP contribution < -0.4 is 0 Å². The molecule has 1 rings (SSSR count). The van der Waals surface area contributed by atoms with Gasteiger partial charge in [0, 0.05) is 6.42 Å². The Bertz CT molecular complexity index is 191. The molecule has 10 heavy (non-hydrogen) atoms. The summed E-state index contributed by atoms with van der Waals surface area (Å²) in [5, 5.41) is 1.67. The van der Waals surface area contributed by atoms with Crippen LogP contribution in [-0.4, -0.2) is 0 Å². The van der Waals surface area contributed by atoms with E-state index in [0.29, 0.717) is 0 Å². The van der Waals surface area contributed by atoms with Crippen LogP contribution >= 0.6 is 11.3 Å². The number of hydrogen-bond acceptors (Lipinski definition) is 1. The molecule has 0 N–H and O–H groups in total. The van der Waals surface area contributed by atoms with E-state index in [1.807, 2.05) is 0 Å². The van der Waals surface area contributed by atoms with Gasteiger partial charge in [0.15, 0.2) is 0 Å². The van der Waals surface area contributed by atoms with Crippen molar-refractivity contribution in [3.8, 4) is 0 Å². The minimum absolute atomic E-state index is 0.118. The van der Waals surface area contributed by atoms with E-state index in [2.05, 4.69) is 0 Å². The molecule has 0 aliphatic carbocycles. The molecule has 0 radical (unpaired) electrons. The van der Waals surface area contributed by atoms with Crippen molar-refractivity contribution in [1.82, 2.24) is 0 Å². The first-order chi connectivity index (χ1) is 4.67. The zero-order valence-corrected chi connectivity index (χ0v) is 6.42. The molecule has 56 valence electrons. The predicted molar refractivity (Wildman–Crippen MR) is 38.5 cm³/mol. The van der Waals surface area contributed by atoms with Crippen LogP contribution in [0.25, 0.3) is 0 Å². The second kappa shape index (κ2) is 2.66. The molecule has 0 fully saturated rings. The fraction of sp³-hybridized carbons (Fsp3) is 0.429. The summed E-state index contributed by atoms with van der Waals surface area (Å²) < 4.78 is 25.5. The molecule has 1 aromatic heterocycles. The Morgan fingerprint density at radius 3 is 2.70 bits per heavy atom. The summed E-state index contributed by atoms with van der Waals surface area (Å²) in [6, 6.07) is 3.11. The highest BCUT2D eigenvalue weighted by molar-refractivity contribution is 7.10. The average Bonchev–Trinajstić information content (AvgIpc) is 2.38. The van der Waals surface area contributed by atoms with Crippen LogP contribution in [0.1, 0.15) is 18.2 Å². The van der Waals surface area contributed by atoms with Crippen molar-refractivity contribution >= 4 is 11.3 Å². The Morgan fingerprint density at radius 1 is 1.60 bits per heavy atom. The largest absolute Gasteiger partial charge is 0.281 e. The Kier molecular flexibility index (Phi) is 2.04. The van der Waals surface area contributed by atoms with Crippen LogP contribution in [0, 0.1) is 0 Å². The molecule has 0 atom stereocenters. The third-order valence-corrected chi connectivity index (χ3v) is 2.31. The quantitative estimate of drug-likeness (QED) is 0.626. The van der Waals surface area contributed by atoms with Crippen molar-refractivity contribution in [3.05, 3.63) is 22.4 Å². The maximum Gasteiger partial charge on any atom is 0.281 e. The monoisotopic (exact) mass is 162 g/mol. The summed E-state index contributed by atoms with van der Waals surface area (Å²) in [4.78, 5) is 0.162. The van der Waals surface area contributed by atoms with Crippen molar-refractivity contribution in [1.29, 1.82) is 0 Å². The van der Waals surface area contributed by atoms with Crippen molar-refractivity contribution in [2.75, 3.05) is 0 Å². The number of thiophene rings is 1. The fourth-order valence-corrected chi connectivity index (χ4v) is 1.44. The summed E-state index contributed by atoms with van der Waals surface area (Å²) in [5.74, 6) is -2.62. The summed E-state index contributed by atoms with van der Waals surface area (Å²) in [6.45, 7) is 1.49. The summed E-state index contributed by atoms with van der Waals surface area (Å²) >= 11 is 1.10. The third-order valence-electron chi connectivity index (χ3n) is 1.33. The third kappa shape index (κ3) is 1.34. The van der Waals surface area contributed by atoms with E-state index in [-0.39, 0.29) is 11.3 Å². The van der Waals surface area contributed by atoms with E-state index in [1.54, 1.807) is 11.4 Å². The number of hydrogen-bond donors (Lipinski definition) is 0. The first-order valence-corrected chi connectivity index (χ1v) is 3.96. The lowest BCUT2D eigenvalue weighted by Gasteiger charge is -2.10. The molecule has 3 heteroatoms. The molecule has 0 saturated heterocycles. The standard InChI is InChI=1S/C7H8F2S/c1-2-7(8,9)6-4-3-5-10-6/h3-5H,2H2,1H3. The van der Waals surface area contributed by atoms with Gasteiger partial charge in [0.05, 0.1) is 4.88 Å². The van der Waals surface area contributed by atoms with Gasteiger partial charge in [-0.05, 0) is 11.4 Å². The molecule has 0 bridgehead atoms. The van der Waals surface area contributed by atoms with Crippen LogP contribution in [0.3, 0.4) is 0 Å². The molecule has 0 nitrogen and oxygen atoms in total. The van der Waals surface area contributed by atoms with Gasteiger partial charge in [0.25, 0.3) is 5.92 Å². The molecular formula is C7H8F2S. The molecule has 0 aromatic carbocycles. The lowest BCUT2D eigenvalue weighted by atomic mass is 10.2. The van der Waals surface area contributed by atoms with Crippen LogP contribution in [0.2, 0.25) is 0 Å². The predicted octanol–water partition coefficient (Wildman–Crippen LogP) is 3.25. The Hall–Kier alpha value is -0.440. The van der Waals surface area contributed by atoms with Gasteiger partial charge in [-0.1, -0.05) is 13.0 Å². The number of halogens is 2. The average molecular weight is 162 g/mol. The van der Waals surface area contributed by atoms with E-state index in [0.717, 1.165) is 11.3 Å². The molecule has 1 heterocycles. The zero-order chi connectivity index (χ0) is 7.61. The van der Waals surface area contributed by atoms with Gasteiger partial charge in [-0.3, -0.25) is 0 Å². The lowest BCUT2D eigenvalue weighted by molar-refractivity contribution is -0.00439. The summed E-state index contributed by atoms with van der Waals surface area (Å²) in [5.41, 5.74) is 0. The van der Waals surface area contributed by atoms with Crippen LogP contribution in [0.5, 0.6) is 0 Å². The van der Waals surface area contributed by atoms with Gasteiger partial charge >= 0.3 is 0 Å². The van der Waals surface area contributed by atoms with Crippen molar-refractivity contribution in [2.45, 2.75) is 19.3 Å². The topological polar surface area (TPSA) is 0 Å². The minimum atomic E-state index is -2.62. The first kappa shape index (κ1) is 7.66. The zero-order valence-electron chi connectivity index (χ0n) is 5.60. The van der Waals surface area contributed by atoms with Crippen LogP contribution in [-0.2, 0) is 5.92 Å². The van der Waals surface area contributed by atoms with Crippen molar-refractivity contribution in [3.63, 3.8) is 0 Å². The maximum atomic E-state index is 12.7. The maximum absolute atomic E-state index is 12.7. The second-order valence-electron chi connectivity index (χ2n) is 2.04. The van der Waals surface area contributed by atoms with Crippen molar-refractivity contribution in [2.24, 2.45) is 0 Å². The number of rotatable bonds is 2. The van der Waals surface area contributed by atoms with Crippen LogP contribution in [0.15, 0.2) is 17.5 Å². The van der Waals surface area contributed by atoms with E-state index in [4.69, 9.17) is 0 Å². The molecular weight excluding hydrogens is 154 g/mol. The fourth-order valence-electron chi connectivity index (χ4n) is 0.661. The second-order valence-corrected chi connectivity index (χ2v) is 2.98. The molecule has 0 aliphatic heterocycles. The summed E-state index contributed by atoms with van der Waals surface area (Å²) in [7, 11) is 0. The Morgan fingerprint density at radius 2 is 2.30 bits per heavy atom. The van der Waals surface area contributed by atoms with Crippen molar-refractivity contribution < 1.29 is 8.78 Å². The smallest absolute Gasteiger partial charge is 0.200 e. The van der Waals surface area contributed by atoms with Crippen LogP contribution in [0.4, 0.5) is 8.78 Å². The number of alkyl halides is 2. The van der Waals surface area contributed by atoms with E-state index in [9.17, 15) is 8.78 Å².